The Labute approximate surface area is 151 Å². The van der Waals surface area contributed by atoms with Crippen LogP contribution in [-0.4, -0.2) is 40.6 Å². The average Bonchev–Trinajstić information content (AvgIpc) is 3.05. The Bertz CT molecular complexity index is 837. The summed E-state index contributed by atoms with van der Waals surface area (Å²) in [5.74, 6) is -0.143. The lowest BCUT2D eigenvalue weighted by Gasteiger charge is -2.22. The van der Waals surface area contributed by atoms with Crippen LogP contribution in [0.5, 0.6) is 0 Å². The predicted octanol–water partition coefficient (Wildman–Crippen LogP) is 3.02. The van der Waals surface area contributed by atoms with E-state index in [1.54, 1.807) is 6.20 Å². The van der Waals surface area contributed by atoms with E-state index in [1.165, 1.54) is 0 Å². The molecule has 26 heavy (non-hydrogen) atoms. The quantitative estimate of drug-likeness (QED) is 0.737. The molecule has 0 bridgehead atoms. The zero-order chi connectivity index (χ0) is 18.4. The van der Waals surface area contributed by atoms with E-state index >= 15 is 0 Å². The molecule has 3 rings (SSSR count). The second kappa shape index (κ2) is 8.34. The highest BCUT2D eigenvalue weighted by molar-refractivity contribution is 5.72. The number of H-pyrrole nitrogens is 1. The van der Waals surface area contributed by atoms with Gasteiger partial charge < -0.3 is 14.6 Å². The van der Waals surface area contributed by atoms with Gasteiger partial charge in [-0.3, -0.25) is 5.10 Å². The number of carboxylic acids is 1. The summed E-state index contributed by atoms with van der Waals surface area (Å²) in [6.45, 7) is 2.12. The Kier molecular flexibility index (Phi) is 5.69. The Hall–Kier alpha value is -3.08. The van der Waals surface area contributed by atoms with Gasteiger partial charge in [0.05, 0.1) is 11.8 Å². The van der Waals surface area contributed by atoms with Crippen molar-refractivity contribution in [2.24, 2.45) is 5.92 Å². The average molecular weight is 352 g/mol. The number of rotatable bonds is 7. The molecule has 2 unspecified atom stereocenters. The highest BCUT2D eigenvalue weighted by Gasteiger charge is 2.18. The number of allylic oxidation sites excluding steroid dienone is 4. The van der Waals surface area contributed by atoms with Crippen LogP contribution in [0.1, 0.15) is 12.6 Å². The molecule has 6 nitrogen and oxygen atoms in total. The molecule has 1 aromatic rings. The molecule has 0 radical (unpaired) electrons. The molecule has 0 spiro atoms. The SMILES string of the molecule is CC1C=C(COC2=CC=C=C(c3ccn[nH]3)C=C2)C=CC1OCC(=O)O. The van der Waals surface area contributed by atoms with Crippen LogP contribution >= 0.6 is 0 Å². The lowest BCUT2D eigenvalue weighted by molar-refractivity contribution is -0.143. The summed E-state index contributed by atoms with van der Waals surface area (Å²) in [5.41, 5.74) is 6.00. The molecule has 134 valence electrons. The highest BCUT2D eigenvalue weighted by Crippen LogP contribution is 2.21. The number of hydrogen-bond acceptors (Lipinski definition) is 4. The summed E-state index contributed by atoms with van der Waals surface area (Å²) in [4.78, 5) is 10.6. The zero-order valence-electron chi connectivity index (χ0n) is 14.4. The molecule has 0 saturated carbocycles. The summed E-state index contributed by atoms with van der Waals surface area (Å²) in [6, 6.07) is 1.88. The number of aliphatic carboxylic acids is 1. The van der Waals surface area contributed by atoms with Crippen molar-refractivity contribution in [2.45, 2.75) is 13.0 Å². The van der Waals surface area contributed by atoms with E-state index in [4.69, 9.17) is 14.6 Å². The first-order valence-electron chi connectivity index (χ1n) is 8.32. The summed E-state index contributed by atoms with van der Waals surface area (Å²) >= 11 is 0. The lowest BCUT2D eigenvalue weighted by Crippen LogP contribution is -2.24. The van der Waals surface area contributed by atoms with Crippen LogP contribution in [0.25, 0.3) is 5.57 Å². The molecule has 1 heterocycles. The first kappa shape index (κ1) is 17.7. The van der Waals surface area contributed by atoms with Gasteiger partial charge >= 0.3 is 5.97 Å². The first-order valence-corrected chi connectivity index (χ1v) is 8.32. The van der Waals surface area contributed by atoms with E-state index in [2.05, 4.69) is 15.9 Å². The van der Waals surface area contributed by atoms with Crippen LogP contribution in [0.4, 0.5) is 0 Å². The van der Waals surface area contributed by atoms with Crippen LogP contribution in [0, 0.1) is 5.92 Å². The molecule has 2 aliphatic rings. The van der Waals surface area contributed by atoms with Crippen LogP contribution in [-0.2, 0) is 14.3 Å². The third-order valence-corrected chi connectivity index (χ3v) is 3.99. The van der Waals surface area contributed by atoms with Crippen molar-refractivity contribution in [3.8, 4) is 0 Å². The van der Waals surface area contributed by atoms with Gasteiger partial charge in [0, 0.05) is 17.7 Å². The molecule has 0 amide bonds. The van der Waals surface area contributed by atoms with Crippen LogP contribution < -0.4 is 0 Å². The monoisotopic (exact) mass is 352 g/mol. The smallest absolute Gasteiger partial charge is 0.329 e. The normalized spacial score (nSPS) is 21.7. The number of aromatic amines is 1. The van der Waals surface area contributed by atoms with Crippen molar-refractivity contribution < 1.29 is 19.4 Å². The van der Waals surface area contributed by atoms with Crippen LogP contribution in [0.15, 0.2) is 71.9 Å². The number of aromatic nitrogens is 2. The molecule has 0 aliphatic heterocycles. The van der Waals surface area contributed by atoms with Crippen LogP contribution in [0.3, 0.4) is 0 Å². The second-order valence-corrected chi connectivity index (χ2v) is 6.02. The zero-order valence-corrected chi connectivity index (χ0v) is 14.4. The molecule has 0 fully saturated rings. The Morgan fingerprint density at radius 2 is 2.27 bits per heavy atom. The van der Waals surface area contributed by atoms with E-state index in [0.29, 0.717) is 6.61 Å². The van der Waals surface area contributed by atoms with E-state index in [-0.39, 0.29) is 18.6 Å². The molecular formula is C20H20N2O4. The minimum Gasteiger partial charge on any atom is -0.489 e. The lowest BCUT2D eigenvalue weighted by atomic mass is 9.95. The fourth-order valence-electron chi connectivity index (χ4n) is 2.67. The van der Waals surface area contributed by atoms with Gasteiger partial charge in [0.1, 0.15) is 19.0 Å². The minimum atomic E-state index is -0.966. The van der Waals surface area contributed by atoms with Crippen LogP contribution in [0.2, 0.25) is 0 Å². The van der Waals surface area contributed by atoms with Crippen molar-refractivity contribution in [3.63, 3.8) is 0 Å². The molecule has 0 aromatic carbocycles. The van der Waals surface area contributed by atoms with E-state index in [0.717, 1.165) is 22.6 Å². The highest BCUT2D eigenvalue weighted by atomic mass is 16.5. The van der Waals surface area contributed by atoms with Gasteiger partial charge in [-0.15, -0.1) is 5.73 Å². The molecule has 1 aromatic heterocycles. The Morgan fingerprint density at radius 3 is 3.00 bits per heavy atom. The maximum Gasteiger partial charge on any atom is 0.329 e. The number of carboxylic acid groups (broad SMARTS) is 1. The number of nitrogens with zero attached hydrogens (tertiary/aromatic N) is 1. The standard InChI is InChI=1S/C20H20N2O4/c1-14-11-15(5-8-19(14)26-13-20(23)24)12-25-17-4-2-3-16(6-7-17)18-9-10-21-22-18/h2,4-11,14,19H,12-13H2,1H3,(H,21,22)(H,23,24). The Balaban J connectivity index is 1.53. The molecule has 0 saturated heterocycles. The number of nitrogens with one attached hydrogen (secondary N) is 1. The van der Waals surface area contributed by atoms with E-state index in [1.807, 2.05) is 55.5 Å². The van der Waals surface area contributed by atoms with Crippen molar-refractivity contribution >= 4 is 11.5 Å². The first-order chi connectivity index (χ1) is 12.6. The maximum absolute atomic E-state index is 10.6. The van der Waals surface area contributed by atoms with Crippen molar-refractivity contribution in [2.75, 3.05) is 13.2 Å². The number of carbonyl (C=O) groups is 1. The van der Waals surface area contributed by atoms with Gasteiger partial charge in [0.25, 0.3) is 0 Å². The molecule has 2 atom stereocenters. The molecule has 6 heteroatoms. The predicted molar refractivity (Wildman–Crippen MR) is 97.0 cm³/mol. The number of hydrogen-bond donors (Lipinski definition) is 2. The third kappa shape index (κ3) is 4.72. The summed E-state index contributed by atoms with van der Waals surface area (Å²) in [5, 5.41) is 15.5. The topological polar surface area (TPSA) is 84.4 Å². The van der Waals surface area contributed by atoms with Gasteiger partial charge in [-0.2, -0.15) is 5.10 Å². The minimum absolute atomic E-state index is 0.0881. The van der Waals surface area contributed by atoms with Crippen molar-refractivity contribution in [1.29, 1.82) is 0 Å². The summed E-state index contributed by atoms with van der Waals surface area (Å²) < 4.78 is 11.2. The second-order valence-electron chi connectivity index (χ2n) is 6.02. The Morgan fingerprint density at radius 1 is 1.38 bits per heavy atom. The summed E-state index contributed by atoms with van der Waals surface area (Å²) in [6.07, 6.45) is 14.8. The fourth-order valence-corrected chi connectivity index (χ4v) is 2.67. The largest absolute Gasteiger partial charge is 0.489 e. The van der Waals surface area contributed by atoms with Gasteiger partial charge in [0.2, 0.25) is 0 Å². The van der Waals surface area contributed by atoms with Gasteiger partial charge in [-0.05, 0) is 35.9 Å². The molecular weight excluding hydrogens is 332 g/mol. The third-order valence-electron chi connectivity index (χ3n) is 3.99. The van der Waals surface area contributed by atoms with Gasteiger partial charge in [-0.1, -0.05) is 25.2 Å². The van der Waals surface area contributed by atoms with E-state index < -0.39 is 5.97 Å². The maximum atomic E-state index is 10.6. The van der Waals surface area contributed by atoms with E-state index in [9.17, 15) is 4.79 Å². The molecule has 2 N–H and O–H groups in total. The summed E-state index contributed by atoms with van der Waals surface area (Å²) in [7, 11) is 0. The molecule has 2 aliphatic carbocycles. The van der Waals surface area contributed by atoms with Gasteiger partial charge in [0.15, 0.2) is 0 Å². The van der Waals surface area contributed by atoms with Gasteiger partial charge in [-0.25, -0.2) is 4.79 Å². The van der Waals surface area contributed by atoms with Crippen molar-refractivity contribution in [3.05, 3.63) is 77.6 Å². The fraction of sp³-hybridized carbons (Fsp3) is 0.250. The number of ether oxygens (including phenoxy) is 2. The van der Waals surface area contributed by atoms with Crippen molar-refractivity contribution in [1.82, 2.24) is 10.2 Å².